The fourth-order valence-electron chi connectivity index (χ4n) is 3.58. The molecule has 3 heterocycles. The molecule has 1 amide bonds. The van der Waals surface area contributed by atoms with E-state index in [1.165, 1.54) is 6.42 Å². The Balaban J connectivity index is 1.75. The normalized spacial score (nSPS) is 14.1. The van der Waals surface area contributed by atoms with E-state index in [4.69, 9.17) is 10.5 Å². The van der Waals surface area contributed by atoms with Gasteiger partial charge in [0.2, 0.25) is 5.88 Å². The number of hydrogen-bond acceptors (Lipinski definition) is 5. The molecule has 0 radical (unpaired) electrons. The summed E-state index contributed by atoms with van der Waals surface area (Å²) in [6.45, 7) is 2.06. The lowest BCUT2D eigenvalue weighted by atomic mass is 10.1. The first-order chi connectivity index (χ1) is 14.2. The largest absolute Gasteiger partial charge is 0.481 e. The number of piperidine rings is 1. The fraction of sp³-hybridized carbons (Fsp3) is 0.318. The molecule has 3 aromatic rings. The number of rotatable bonds is 5. The fourth-order valence-corrected chi connectivity index (χ4v) is 3.58. The lowest BCUT2D eigenvalue weighted by Crippen LogP contribution is -2.35. The molecular formula is C22H25N5O2. The molecular weight excluding hydrogens is 366 g/mol. The van der Waals surface area contributed by atoms with Gasteiger partial charge >= 0.3 is 0 Å². The first kappa shape index (κ1) is 19.1. The van der Waals surface area contributed by atoms with Crippen LogP contribution in [0.25, 0.3) is 16.9 Å². The minimum atomic E-state index is -0.0234. The number of carbonyl (C=O) groups excluding carboxylic acids is 1. The van der Waals surface area contributed by atoms with Crippen molar-refractivity contribution in [1.82, 2.24) is 19.7 Å². The third kappa shape index (κ3) is 4.00. The van der Waals surface area contributed by atoms with Crippen LogP contribution >= 0.6 is 0 Å². The molecule has 2 N–H and O–H groups in total. The third-order valence-electron chi connectivity index (χ3n) is 5.23. The SMILES string of the molecule is COc1ccc(-n2nc(C(=O)N3CCCCC3)cc2-c2ccc(CN)cc2)cn1. The second-order valence-electron chi connectivity index (χ2n) is 7.14. The molecule has 7 nitrogen and oxygen atoms in total. The number of nitrogens with zero attached hydrogens (tertiary/aromatic N) is 4. The molecule has 0 saturated carbocycles. The maximum Gasteiger partial charge on any atom is 0.274 e. The summed E-state index contributed by atoms with van der Waals surface area (Å²) in [4.78, 5) is 19.2. The Hall–Kier alpha value is -3.19. The zero-order valence-corrected chi connectivity index (χ0v) is 16.5. The number of amides is 1. The van der Waals surface area contributed by atoms with Crippen LogP contribution in [0.3, 0.4) is 0 Å². The summed E-state index contributed by atoms with van der Waals surface area (Å²) in [5, 5.41) is 4.65. The molecule has 7 heteroatoms. The molecule has 2 aromatic heterocycles. The number of likely N-dealkylation sites (tertiary alicyclic amines) is 1. The van der Waals surface area contributed by atoms with Gasteiger partial charge in [-0.15, -0.1) is 0 Å². The number of pyridine rings is 1. The quantitative estimate of drug-likeness (QED) is 0.722. The summed E-state index contributed by atoms with van der Waals surface area (Å²) in [5.74, 6) is 0.504. The minimum absolute atomic E-state index is 0.0234. The van der Waals surface area contributed by atoms with Gasteiger partial charge in [0.25, 0.3) is 5.91 Å². The summed E-state index contributed by atoms with van der Waals surface area (Å²) < 4.78 is 6.92. The summed E-state index contributed by atoms with van der Waals surface area (Å²) in [5.41, 5.74) is 9.78. The Bertz CT molecular complexity index is 908. The highest BCUT2D eigenvalue weighted by atomic mass is 16.5. The molecule has 0 aliphatic carbocycles. The molecule has 0 atom stereocenters. The summed E-state index contributed by atoms with van der Waals surface area (Å²) in [6.07, 6.45) is 4.96. The molecule has 1 aromatic carbocycles. The van der Waals surface area contributed by atoms with Crippen molar-refractivity contribution in [2.75, 3.05) is 20.2 Å². The molecule has 150 valence electrons. The Morgan fingerprint density at radius 3 is 2.48 bits per heavy atom. The van der Waals surface area contributed by atoms with Gasteiger partial charge in [0.15, 0.2) is 5.69 Å². The highest BCUT2D eigenvalue weighted by Gasteiger charge is 2.23. The van der Waals surface area contributed by atoms with Crippen molar-refractivity contribution in [1.29, 1.82) is 0 Å². The van der Waals surface area contributed by atoms with E-state index >= 15 is 0 Å². The van der Waals surface area contributed by atoms with Gasteiger partial charge in [-0.3, -0.25) is 4.79 Å². The van der Waals surface area contributed by atoms with Crippen LogP contribution in [-0.2, 0) is 6.54 Å². The van der Waals surface area contributed by atoms with Gasteiger partial charge in [-0.1, -0.05) is 24.3 Å². The highest BCUT2D eigenvalue weighted by molar-refractivity contribution is 5.93. The number of aromatic nitrogens is 3. The van der Waals surface area contributed by atoms with Crippen LogP contribution in [0.5, 0.6) is 5.88 Å². The van der Waals surface area contributed by atoms with Crippen LogP contribution in [-0.4, -0.2) is 45.8 Å². The predicted octanol–water partition coefficient (Wildman–Crippen LogP) is 3.03. The lowest BCUT2D eigenvalue weighted by molar-refractivity contribution is 0.0718. The first-order valence-corrected chi connectivity index (χ1v) is 9.89. The van der Waals surface area contributed by atoms with Gasteiger partial charge in [0.05, 0.1) is 24.7 Å². The molecule has 1 aliphatic heterocycles. The van der Waals surface area contributed by atoms with Crippen LogP contribution in [0, 0.1) is 0 Å². The topological polar surface area (TPSA) is 86.3 Å². The Labute approximate surface area is 170 Å². The first-order valence-electron chi connectivity index (χ1n) is 9.89. The zero-order chi connectivity index (χ0) is 20.2. The molecule has 1 aliphatic rings. The zero-order valence-electron chi connectivity index (χ0n) is 16.5. The average Bonchev–Trinajstić information content (AvgIpc) is 3.24. The molecule has 0 spiro atoms. The number of nitrogens with two attached hydrogens (primary N) is 1. The van der Waals surface area contributed by atoms with Crippen molar-refractivity contribution in [2.24, 2.45) is 5.73 Å². The second-order valence-corrected chi connectivity index (χ2v) is 7.14. The number of ether oxygens (including phenoxy) is 1. The Morgan fingerprint density at radius 1 is 1.10 bits per heavy atom. The minimum Gasteiger partial charge on any atom is -0.481 e. The number of benzene rings is 1. The van der Waals surface area contributed by atoms with Crippen LogP contribution in [0.15, 0.2) is 48.7 Å². The van der Waals surface area contributed by atoms with Gasteiger partial charge in [0, 0.05) is 31.3 Å². The van der Waals surface area contributed by atoms with E-state index in [1.807, 2.05) is 41.3 Å². The van der Waals surface area contributed by atoms with Crippen LogP contribution in [0.4, 0.5) is 0 Å². The molecule has 4 rings (SSSR count). The molecule has 1 fully saturated rings. The maximum atomic E-state index is 13.0. The van der Waals surface area contributed by atoms with Gasteiger partial charge < -0.3 is 15.4 Å². The Kier molecular flexibility index (Phi) is 5.57. The lowest BCUT2D eigenvalue weighted by Gasteiger charge is -2.25. The van der Waals surface area contributed by atoms with Crippen LogP contribution in [0.1, 0.15) is 35.3 Å². The Morgan fingerprint density at radius 2 is 1.86 bits per heavy atom. The van der Waals surface area contributed by atoms with Crippen molar-refractivity contribution in [3.05, 3.63) is 59.9 Å². The van der Waals surface area contributed by atoms with Gasteiger partial charge in [0.1, 0.15) is 0 Å². The molecule has 0 unspecified atom stereocenters. The smallest absolute Gasteiger partial charge is 0.274 e. The molecule has 29 heavy (non-hydrogen) atoms. The van der Waals surface area contributed by atoms with E-state index in [2.05, 4.69) is 10.1 Å². The number of hydrogen-bond donors (Lipinski definition) is 1. The third-order valence-corrected chi connectivity index (χ3v) is 5.23. The summed E-state index contributed by atoms with van der Waals surface area (Å²) in [7, 11) is 1.58. The van der Waals surface area contributed by atoms with Crippen LogP contribution in [0.2, 0.25) is 0 Å². The highest BCUT2D eigenvalue weighted by Crippen LogP contribution is 2.26. The maximum absolute atomic E-state index is 13.0. The van der Waals surface area contributed by atoms with E-state index in [0.29, 0.717) is 18.1 Å². The van der Waals surface area contributed by atoms with Crippen molar-refractivity contribution in [3.8, 4) is 22.8 Å². The van der Waals surface area contributed by atoms with Crippen molar-refractivity contribution >= 4 is 5.91 Å². The number of methoxy groups -OCH3 is 1. The summed E-state index contributed by atoms with van der Waals surface area (Å²) in [6, 6.07) is 13.5. The van der Waals surface area contributed by atoms with E-state index in [-0.39, 0.29) is 5.91 Å². The molecule has 0 bridgehead atoms. The molecule has 1 saturated heterocycles. The van der Waals surface area contributed by atoms with E-state index in [1.54, 1.807) is 24.1 Å². The van der Waals surface area contributed by atoms with Crippen LogP contribution < -0.4 is 10.5 Å². The standard InChI is InChI=1S/C22H25N5O2/c1-29-21-10-9-18(15-24-21)27-20(17-7-5-16(14-23)6-8-17)13-19(25-27)22(28)26-11-3-2-4-12-26/h5-10,13,15H,2-4,11-12,14,23H2,1H3. The van der Waals surface area contributed by atoms with Gasteiger partial charge in [-0.25, -0.2) is 9.67 Å². The summed E-state index contributed by atoms with van der Waals surface area (Å²) >= 11 is 0. The average molecular weight is 391 g/mol. The second kappa shape index (κ2) is 8.45. The van der Waals surface area contributed by atoms with Crippen molar-refractivity contribution < 1.29 is 9.53 Å². The van der Waals surface area contributed by atoms with E-state index in [0.717, 1.165) is 48.4 Å². The monoisotopic (exact) mass is 391 g/mol. The van der Waals surface area contributed by atoms with Crippen molar-refractivity contribution in [3.63, 3.8) is 0 Å². The van der Waals surface area contributed by atoms with E-state index < -0.39 is 0 Å². The predicted molar refractivity (Wildman–Crippen MR) is 111 cm³/mol. The van der Waals surface area contributed by atoms with Gasteiger partial charge in [-0.05, 0) is 37.0 Å². The number of carbonyl (C=O) groups is 1. The van der Waals surface area contributed by atoms with E-state index in [9.17, 15) is 4.79 Å². The van der Waals surface area contributed by atoms with Crippen molar-refractivity contribution in [2.45, 2.75) is 25.8 Å². The van der Waals surface area contributed by atoms with Gasteiger partial charge in [-0.2, -0.15) is 5.10 Å².